The van der Waals surface area contributed by atoms with E-state index in [9.17, 15) is 8.78 Å². The Morgan fingerprint density at radius 1 is 1.14 bits per heavy atom. The summed E-state index contributed by atoms with van der Waals surface area (Å²) in [6.45, 7) is 17.2. The summed E-state index contributed by atoms with van der Waals surface area (Å²) in [5.74, 6) is -1.88. The van der Waals surface area contributed by atoms with Crippen LogP contribution in [0.5, 0.6) is 0 Å². The molecular weight excluding hydrogens is 466 g/mol. The summed E-state index contributed by atoms with van der Waals surface area (Å²) in [6, 6.07) is 0.173. The molecule has 0 aromatic carbocycles. The van der Waals surface area contributed by atoms with Gasteiger partial charge in [0.1, 0.15) is 0 Å². The first-order chi connectivity index (χ1) is 17.6. The first-order valence-electron chi connectivity index (χ1n) is 14.0. The maximum absolute atomic E-state index is 13.7. The van der Waals surface area contributed by atoms with Crippen molar-refractivity contribution in [3.63, 3.8) is 0 Å². The van der Waals surface area contributed by atoms with Crippen LogP contribution in [0.3, 0.4) is 0 Å². The molecule has 2 aliphatic rings. The highest BCUT2D eigenvalue weighted by Gasteiger charge is 2.50. The number of alkyl halides is 2. The molecule has 0 radical (unpaired) electrons. The zero-order valence-electron chi connectivity index (χ0n) is 23.5. The smallest absolute Gasteiger partial charge is 0.248 e. The van der Waals surface area contributed by atoms with Gasteiger partial charge in [0.05, 0.1) is 17.9 Å². The summed E-state index contributed by atoms with van der Waals surface area (Å²) in [6.07, 6.45) is 18.8. The first-order valence-corrected chi connectivity index (χ1v) is 14.0. The average Bonchev–Trinajstić information content (AvgIpc) is 2.86. The molecule has 1 aliphatic carbocycles. The lowest BCUT2D eigenvalue weighted by Crippen LogP contribution is -2.59. The summed E-state index contributed by atoms with van der Waals surface area (Å²) in [7, 11) is 0. The minimum absolute atomic E-state index is 0.0160. The topological polar surface area (TPSA) is 31.7 Å². The van der Waals surface area contributed by atoms with E-state index in [2.05, 4.69) is 80.4 Å². The molecule has 0 N–H and O–H groups in total. The lowest BCUT2D eigenvalue weighted by Gasteiger charge is -2.54. The number of nitrogens with zero attached hydrogens (tertiary/aromatic N) is 4. The number of aryl methyl sites for hydroxylation is 1. The quantitative estimate of drug-likeness (QED) is 0.266. The van der Waals surface area contributed by atoms with Gasteiger partial charge in [-0.1, -0.05) is 33.4 Å². The summed E-state index contributed by atoms with van der Waals surface area (Å²) < 4.78 is 27.4. The molecule has 6 heteroatoms. The molecule has 3 rings (SSSR count). The molecule has 4 nitrogen and oxygen atoms in total. The predicted octanol–water partition coefficient (Wildman–Crippen LogP) is 8.05. The van der Waals surface area contributed by atoms with Crippen LogP contribution in [0.2, 0.25) is 0 Å². The van der Waals surface area contributed by atoms with Crippen molar-refractivity contribution in [2.45, 2.75) is 91.5 Å². The third-order valence-corrected chi connectivity index (χ3v) is 8.21. The SMILES string of the molecule is C=CN(/C=C\c1c(C)cncc1N1CC2(CCC(F)(F)CC2)C1)CC(CC)N=C(C)/C=C\C(CC)CC. The van der Waals surface area contributed by atoms with E-state index in [1.165, 1.54) is 0 Å². The van der Waals surface area contributed by atoms with Gasteiger partial charge in [-0.05, 0) is 75.8 Å². The second kappa shape index (κ2) is 12.8. The van der Waals surface area contributed by atoms with Crippen LogP contribution < -0.4 is 4.90 Å². The molecule has 1 saturated carbocycles. The Bertz CT molecular complexity index is 975. The van der Waals surface area contributed by atoms with Crippen molar-refractivity contribution < 1.29 is 8.78 Å². The van der Waals surface area contributed by atoms with Crippen LogP contribution in [0.15, 0.2) is 48.5 Å². The summed E-state index contributed by atoms with van der Waals surface area (Å²) in [5, 5.41) is 0. The second-order valence-electron chi connectivity index (χ2n) is 11.1. The van der Waals surface area contributed by atoms with E-state index in [1.54, 1.807) is 0 Å². The van der Waals surface area contributed by atoms with Crippen LogP contribution in [-0.2, 0) is 0 Å². The number of hydrogen-bond donors (Lipinski definition) is 0. The van der Waals surface area contributed by atoms with Crippen molar-refractivity contribution in [3.8, 4) is 0 Å². The van der Waals surface area contributed by atoms with Crippen LogP contribution in [0, 0.1) is 18.3 Å². The van der Waals surface area contributed by atoms with Gasteiger partial charge in [0.15, 0.2) is 0 Å². The Morgan fingerprint density at radius 2 is 1.81 bits per heavy atom. The largest absolute Gasteiger partial charge is 0.369 e. The molecule has 204 valence electrons. The van der Waals surface area contributed by atoms with Gasteiger partial charge in [-0.15, -0.1) is 0 Å². The summed E-state index contributed by atoms with van der Waals surface area (Å²) in [4.78, 5) is 13.8. The van der Waals surface area contributed by atoms with Crippen molar-refractivity contribution >= 4 is 17.5 Å². The maximum Gasteiger partial charge on any atom is 0.248 e. The molecule has 1 aromatic rings. The van der Waals surface area contributed by atoms with Gasteiger partial charge in [-0.2, -0.15) is 0 Å². The third kappa shape index (κ3) is 7.75. The lowest BCUT2D eigenvalue weighted by molar-refractivity contribution is -0.0730. The molecule has 1 unspecified atom stereocenters. The summed E-state index contributed by atoms with van der Waals surface area (Å²) in [5.41, 5.74) is 4.40. The van der Waals surface area contributed by atoms with Gasteiger partial charge in [0.25, 0.3) is 0 Å². The number of hydrogen-bond acceptors (Lipinski definition) is 4. The molecule has 0 amide bonds. The fraction of sp³-hybridized carbons (Fsp3) is 0.613. The highest BCUT2D eigenvalue weighted by molar-refractivity contribution is 5.92. The third-order valence-electron chi connectivity index (χ3n) is 8.21. The van der Waals surface area contributed by atoms with Gasteiger partial charge in [-0.3, -0.25) is 9.98 Å². The van der Waals surface area contributed by atoms with Crippen LogP contribution in [-0.4, -0.2) is 47.2 Å². The van der Waals surface area contributed by atoms with E-state index in [0.717, 1.165) is 61.4 Å². The lowest BCUT2D eigenvalue weighted by atomic mass is 9.67. The molecule has 1 aliphatic heterocycles. The van der Waals surface area contributed by atoms with E-state index < -0.39 is 5.92 Å². The first kappa shape index (κ1) is 29.1. The molecular formula is C31H46F2N4. The van der Waals surface area contributed by atoms with E-state index in [0.29, 0.717) is 18.8 Å². The van der Waals surface area contributed by atoms with Gasteiger partial charge in [0, 0.05) is 61.6 Å². The Kier molecular flexibility index (Phi) is 10.1. The molecule has 2 fully saturated rings. The van der Waals surface area contributed by atoms with E-state index in [4.69, 9.17) is 4.99 Å². The van der Waals surface area contributed by atoms with Gasteiger partial charge in [0.2, 0.25) is 5.92 Å². The maximum atomic E-state index is 13.7. The minimum Gasteiger partial charge on any atom is -0.369 e. The van der Waals surface area contributed by atoms with E-state index in [1.807, 2.05) is 18.6 Å². The zero-order chi connectivity index (χ0) is 27.1. The summed E-state index contributed by atoms with van der Waals surface area (Å²) >= 11 is 0. The number of anilines is 1. The zero-order valence-corrected chi connectivity index (χ0v) is 23.5. The number of allylic oxidation sites excluding steroid dienone is 2. The molecule has 37 heavy (non-hydrogen) atoms. The monoisotopic (exact) mass is 512 g/mol. The Balaban J connectivity index is 1.67. The van der Waals surface area contributed by atoms with Gasteiger partial charge >= 0.3 is 0 Å². The van der Waals surface area contributed by atoms with Crippen molar-refractivity contribution in [3.05, 3.63) is 54.7 Å². The Labute approximate surface area is 223 Å². The molecule has 1 aromatic heterocycles. The number of pyridine rings is 1. The van der Waals surface area contributed by atoms with Gasteiger partial charge in [-0.25, -0.2) is 8.78 Å². The van der Waals surface area contributed by atoms with Crippen LogP contribution in [0.25, 0.3) is 6.08 Å². The number of aliphatic imine (C=N–C) groups is 1. The van der Waals surface area contributed by atoms with Crippen LogP contribution in [0.1, 0.15) is 83.8 Å². The number of rotatable bonds is 12. The van der Waals surface area contributed by atoms with Crippen molar-refractivity contribution in [2.75, 3.05) is 24.5 Å². The highest BCUT2D eigenvalue weighted by atomic mass is 19.3. The molecule has 1 saturated heterocycles. The van der Waals surface area contributed by atoms with Crippen molar-refractivity contribution in [1.29, 1.82) is 0 Å². The average molecular weight is 513 g/mol. The van der Waals surface area contributed by atoms with Crippen molar-refractivity contribution in [2.24, 2.45) is 16.3 Å². The molecule has 1 atom stereocenters. The van der Waals surface area contributed by atoms with Gasteiger partial charge < -0.3 is 9.80 Å². The Morgan fingerprint density at radius 3 is 2.41 bits per heavy atom. The van der Waals surface area contributed by atoms with E-state index >= 15 is 0 Å². The van der Waals surface area contributed by atoms with Crippen molar-refractivity contribution in [1.82, 2.24) is 9.88 Å². The number of aromatic nitrogens is 1. The fourth-order valence-corrected chi connectivity index (χ4v) is 5.46. The van der Waals surface area contributed by atoms with Crippen LogP contribution >= 0.6 is 0 Å². The normalized spacial score (nSPS) is 20.1. The molecule has 0 bridgehead atoms. The highest BCUT2D eigenvalue weighted by Crippen LogP contribution is 2.50. The molecule has 2 heterocycles. The Hall–Kier alpha value is -2.50. The number of halogens is 2. The molecule has 1 spiro atoms. The van der Waals surface area contributed by atoms with E-state index in [-0.39, 0.29) is 24.3 Å². The second-order valence-corrected chi connectivity index (χ2v) is 11.1. The predicted molar refractivity (Wildman–Crippen MR) is 153 cm³/mol. The minimum atomic E-state index is -2.48. The van der Waals surface area contributed by atoms with Crippen LogP contribution in [0.4, 0.5) is 14.5 Å². The standard InChI is InChI=1S/C31H46F2N4/c1-7-26(8-2)12-11-25(6)35-27(9-3)21-36(10-4)18-13-28-24(5)19-34-20-29(28)37-22-30(23-37)14-16-31(32,33)17-15-30/h10-13,18-20,26-27H,4,7-9,14-17,21-23H2,1-3,5-6H3/b12-11-,18-13-,35-25?. The fourth-order valence-electron chi connectivity index (χ4n) is 5.46.